The number of aromatic nitrogens is 1. The summed E-state index contributed by atoms with van der Waals surface area (Å²) in [5.74, 6) is 0.482. The molecule has 128 valence electrons. The van der Waals surface area contributed by atoms with Crippen LogP contribution in [0.1, 0.15) is 30.5 Å². The molecule has 0 radical (unpaired) electrons. The van der Waals surface area contributed by atoms with E-state index in [1.807, 2.05) is 30.3 Å². The van der Waals surface area contributed by atoms with E-state index in [9.17, 15) is 5.26 Å². The number of rotatable bonds is 3. The summed E-state index contributed by atoms with van der Waals surface area (Å²) in [6.45, 7) is 6.39. The van der Waals surface area contributed by atoms with Gasteiger partial charge in [0.2, 0.25) is 0 Å². The summed E-state index contributed by atoms with van der Waals surface area (Å²) in [5.41, 5.74) is 6.49. The lowest BCUT2D eigenvalue weighted by atomic mass is 9.96. The second-order valence-electron chi connectivity index (χ2n) is 7.17. The van der Waals surface area contributed by atoms with Gasteiger partial charge in [0.1, 0.15) is 11.2 Å². The average molecular weight is 340 g/mol. The third-order valence-corrected chi connectivity index (χ3v) is 4.74. The van der Waals surface area contributed by atoms with Crippen molar-refractivity contribution >= 4 is 21.9 Å². The molecule has 0 unspecified atom stereocenters. The van der Waals surface area contributed by atoms with Crippen LogP contribution in [0.2, 0.25) is 0 Å². The fourth-order valence-electron chi connectivity index (χ4n) is 3.57. The lowest BCUT2D eigenvalue weighted by Gasteiger charge is -2.06. The van der Waals surface area contributed by atoms with Crippen LogP contribution in [-0.2, 0) is 6.42 Å². The molecule has 2 aromatic heterocycles. The van der Waals surface area contributed by atoms with E-state index >= 15 is 0 Å². The van der Waals surface area contributed by atoms with Crippen molar-refractivity contribution in [1.82, 2.24) is 4.98 Å². The van der Waals surface area contributed by atoms with Gasteiger partial charge >= 0.3 is 0 Å². The van der Waals surface area contributed by atoms with Gasteiger partial charge in [-0.2, -0.15) is 5.26 Å². The van der Waals surface area contributed by atoms with Gasteiger partial charge in [-0.15, -0.1) is 0 Å². The topological polar surface area (TPSA) is 49.8 Å². The molecule has 0 aliphatic rings. The van der Waals surface area contributed by atoms with Crippen molar-refractivity contribution < 1.29 is 4.42 Å². The van der Waals surface area contributed by atoms with Crippen molar-refractivity contribution in [2.75, 3.05) is 0 Å². The van der Waals surface area contributed by atoms with Crippen LogP contribution >= 0.6 is 0 Å². The van der Waals surface area contributed by atoms with E-state index in [0.29, 0.717) is 5.92 Å². The maximum absolute atomic E-state index is 9.59. The maximum atomic E-state index is 9.59. The summed E-state index contributed by atoms with van der Waals surface area (Å²) in [5, 5.41) is 11.6. The van der Waals surface area contributed by atoms with Crippen molar-refractivity contribution in [3.05, 3.63) is 65.4 Å². The standard InChI is InChI=1S/C23H20N2O/c1-14(2)10-16-12-21-19(11-17(16)13-24)18-8-7-15(3)22(23(18)26-21)20-6-4-5-9-25-20/h4-9,11-12,14H,10H2,1-3H3. The number of hydrogen-bond donors (Lipinski definition) is 0. The van der Waals surface area contributed by atoms with Gasteiger partial charge in [0.25, 0.3) is 0 Å². The Kier molecular flexibility index (Phi) is 3.97. The molecule has 2 heterocycles. The highest BCUT2D eigenvalue weighted by molar-refractivity contribution is 6.10. The lowest BCUT2D eigenvalue weighted by Crippen LogP contribution is -1.97. The highest BCUT2D eigenvalue weighted by Gasteiger charge is 2.17. The van der Waals surface area contributed by atoms with Crippen LogP contribution in [0.5, 0.6) is 0 Å². The Morgan fingerprint density at radius 3 is 2.65 bits per heavy atom. The number of benzene rings is 2. The number of hydrogen-bond acceptors (Lipinski definition) is 3. The third kappa shape index (κ3) is 2.64. The smallest absolute Gasteiger partial charge is 0.145 e. The molecule has 4 aromatic rings. The Balaban J connectivity index is 2.04. The number of nitriles is 1. The molecule has 4 rings (SSSR count). The molecule has 0 aliphatic carbocycles. The summed E-state index contributed by atoms with van der Waals surface area (Å²) < 4.78 is 6.29. The largest absolute Gasteiger partial charge is 0.455 e. The van der Waals surface area contributed by atoms with Gasteiger partial charge in [0, 0.05) is 22.5 Å². The second kappa shape index (κ2) is 6.31. The molecule has 0 spiro atoms. The lowest BCUT2D eigenvalue weighted by molar-refractivity contribution is 0.641. The van der Waals surface area contributed by atoms with Crippen LogP contribution < -0.4 is 0 Å². The number of aryl methyl sites for hydroxylation is 1. The number of fused-ring (bicyclic) bond motifs is 3. The molecule has 3 heteroatoms. The molecule has 0 atom stereocenters. The van der Waals surface area contributed by atoms with E-state index in [1.165, 1.54) is 0 Å². The first-order chi connectivity index (χ1) is 12.6. The molecule has 0 bridgehead atoms. The van der Waals surface area contributed by atoms with E-state index in [2.05, 4.69) is 44.0 Å². The van der Waals surface area contributed by atoms with Gasteiger partial charge in [-0.1, -0.05) is 32.0 Å². The minimum Gasteiger partial charge on any atom is -0.455 e. The van der Waals surface area contributed by atoms with E-state index < -0.39 is 0 Å². The highest BCUT2D eigenvalue weighted by Crippen LogP contribution is 2.38. The molecular weight excluding hydrogens is 320 g/mol. The molecule has 2 aromatic carbocycles. The molecule has 3 nitrogen and oxygen atoms in total. The fraction of sp³-hybridized carbons (Fsp3) is 0.217. The zero-order valence-corrected chi connectivity index (χ0v) is 15.2. The Morgan fingerprint density at radius 1 is 1.12 bits per heavy atom. The summed E-state index contributed by atoms with van der Waals surface area (Å²) in [6.07, 6.45) is 2.66. The monoisotopic (exact) mass is 340 g/mol. The van der Waals surface area contributed by atoms with Crippen molar-refractivity contribution in [3.63, 3.8) is 0 Å². The minimum absolute atomic E-state index is 0.482. The zero-order chi connectivity index (χ0) is 18.3. The van der Waals surface area contributed by atoms with Gasteiger partial charge in [0.15, 0.2) is 0 Å². The quantitative estimate of drug-likeness (QED) is 0.458. The molecule has 0 amide bonds. The second-order valence-corrected chi connectivity index (χ2v) is 7.17. The Hall–Kier alpha value is -3.12. The SMILES string of the molecule is Cc1ccc2c(oc3cc(CC(C)C)c(C#N)cc32)c1-c1ccccn1. The molecule has 26 heavy (non-hydrogen) atoms. The van der Waals surface area contributed by atoms with Gasteiger partial charge in [0.05, 0.1) is 17.3 Å². The van der Waals surface area contributed by atoms with Crippen molar-refractivity contribution in [2.24, 2.45) is 5.92 Å². The van der Waals surface area contributed by atoms with E-state index in [1.54, 1.807) is 6.20 Å². The Morgan fingerprint density at radius 2 is 1.96 bits per heavy atom. The maximum Gasteiger partial charge on any atom is 0.145 e. The first-order valence-electron chi connectivity index (χ1n) is 8.88. The van der Waals surface area contributed by atoms with Crippen molar-refractivity contribution in [3.8, 4) is 17.3 Å². The van der Waals surface area contributed by atoms with Crippen LogP contribution in [0.4, 0.5) is 0 Å². The Bertz CT molecular complexity index is 1150. The predicted octanol–water partition coefficient (Wildman–Crippen LogP) is 6.03. The number of furan rings is 1. The van der Waals surface area contributed by atoms with Crippen LogP contribution in [0.15, 0.2) is 53.1 Å². The average Bonchev–Trinajstić information content (AvgIpc) is 2.98. The minimum atomic E-state index is 0.482. The summed E-state index contributed by atoms with van der Waals surface area (Å²) in [6, 6.07) is 16.4. The first kappa shape index (κ1) is 16.4. The summed E-state index contributed by atoms with van der Waals surface area (Å²) >= 11 is 0. The summed E-state index contributed by atoms with van der Waals surface area (Å²) in [4.78, 5) is 4.51. The van der Waals surface area contributed by atoms with Gasteiger partial charge in [-0.25, -0.2) is 0 Å². The van der Waals surface area contributed by atoms with Crippen molar-refractivity contribution in [2.45, 2.75) is 27.2 Å². The fourth-order valence-corrected chi connectivity index (χ4v) is 3.57. The molecule has 0 saturated carbocycles. The first-order valence-corrected chi connectivity index (χ1v) is 8.88. The van der Waals surface area contributed by atoms with Crippen molar-refractivity contribution in [1.29, 1.82) is 5.26 Å². The molecule has 0 saturated heterocycles. The molecule has 0 aliphatic heterocycles. The van der Waals surface area contributed by atoms with Crippen LogP contribution in [0, 0.1) is 24.2 Å². The molecular formula is C23H20N2O. The van der Waals surface area contributed by atoms with E-state index in [-0.39, 0.29) is 0 Å². The van der Waals surface area contributed by atoms with Crippen LogP contribution in [-0.4, -0.2) is 4.98 Å². The van der Waals surface area contributed by atoms with Crippen LogP contribution in [0.25, 0.3) is 33.2 Å². The van der Waals surface area contributed by atoms with Gasteiger partial charge in [-0.05, 0) is 54.7 Å². The summed E-state index contributed by atoms with van der Waals surface area (Å²) in [7, 11) is 0. The third-order valence-electron chi connectivity index (χ3n) is 4.74. The molecule has 0 fully saturated rings. The van der Waals surface area contributed by atoms with Gasteiger partial charge < -0.3 is 4.42 Å². The predicted molar refractivity (Wildman–Crippen MR) is 105 cm³/mol. The van der Waals surface area contributed by atoms with E-state index in [0.717, 1.165) is 56.3 Å². The highest BCUT2D eigenvalue weighted by atomic mass is 16.3. The zero-order valence-electron chi connectivity index (χ0n) is 15.2. The number of pyridine rings is 1. The number of nitrogens with zero attached hydrogens (tertiary/aromatic N) is 2. The molecule has 0 N–H and O–H groups in total. The normalized spacial score (nSPS) is 11.3. The Labute approximate surface area is 152 Å². The van der Waals surface area contributed by atoms with E-state index in [4.69, 9.17) is 4.42 Å². The van der Waals surface area contributed by atoms with Gasteiger partial charge in [-0.3, -0.25) is 4.98 Å². The van der Waals surface area contributed by atoms with Crippen LogP contribution in [0.3, 0.4) is 0 Å².